The molecule has 1 saturated heterocycles. The van der Waals surface area contributed by atoms with Crippen molar-refractivity contribution in [3.05, 3.63) is 24.3 Å². The molecular weight excluding hydrogens is 226 g/mol. The van der Waals surface area contributed by atoms with Crippen molar-refractivity contribution in [1.29, 1.82) is 0 Å². The molecule has 1 atom stereocenters. The van der Waals surface area contributed by atoms with Gasteiger partial charge in [0.2, 0.25) is 0 Å². The number of amides is 1. The molecule has 17 heavy (non-hydrogen) atoms. The van der Waals surface area contributed by atoms with E-state index in [0.717, 1.165) is 0 Å². The standard InChI is InChI=1S/C11H11NO5/c13-8-3-1-7(2-4-8)12-9(11(15)16)5-17-6-10(12)14/h1-4,9,13H,5-6H2,(H,15,16). The quantitative estimate of drug-likeness (QED) is 0.767. The lowest BCUT2D eigenvalue weighted by molar-refractivity contribution is -0.145. The fourth-order valence-electron chi connectivity index (χ4n) is 1.69. The molecule has 0 radical (unpaired) electrons. The van der Waals surface area contributed by atoms with Gasteiger partial charge in [-0.05, 0) is 24.3 Å². The zero-order valence-electron chi connectivity index (χ0n) is 8.87. The number of anilines is 1. The maximum Gasteiger partial charge on any atom is 0.329 e. The molecule has 1 aromatic rings. The normalized spacial score (nSPS) is 20.4. The van der Waals surface area contributed by atoms with Gasteiger partial charge in [0.25, 0.3) is 5.91 Å². The minimum Gasteiger partial charge on any atom is -0.508 e. The molecular formula is C11H11NO5. The lowest BCUT2D eigenvalue weighted by atomic mass is 10.2. The van der Waals surface area contributed by atoms with Crippen LogP contribution < -0.4 is 4.90 Å². The number of phenolic OH excluding ortho intramolecular Hbond substituents is 1. The summed E-state index contributed by atoms with van der Waals surface area (Å²) in [6.45, 7) is -0.174. The monoisotopic (exact) mass is 237 g/mol. The highest BCUT2D eigenvalue weighted by Gasteiger charge is 2.34. The predicted octanol–water partition coefficient (Wildman–Crippen LogP) is 0.209. The van der Waals surface area contributed by atoms with Crippen LogP contribution in [0.25, 0.3) is 0 Å². The Labute approximate surface area is 97.0 Å². The molecule has 6 nitrogen and oxygen atoms in total. The van der Waals surface area contributed by atoms with Crippen molar-refractivity contribution in [2.45, 2.75) is 6.04 Å². The summed E-state index contributed by atoms with van der Waals surface area (Å²) in [5, 5.41) is 18.2. The van der Waals surface area contributed by atoms with E-state index in [1.807, 2.05) is 0 Å². The number of carboxylic acids is 1. The molecule has 2 N–H and O–H groups in total. The van der Waals surface area contributed by atoms with E-state index in [0.29, 0.717) is 5.69 Å². The molecule has 1 amide bonds. The largest absolute Gasteiger partial charge is 0.508 e. The molecule has 1 unspecified atom stereocenters. The van der Waals surface area contributed by atoms with Crippen LogP contribution >= 0.6 is 0 Å². The first-order valence-electron chi connectivity index (χ1n) is 5.01. The van der Waals surface area contributed by atoms with Gasteiger partial charge in [-0.15, -0.1) is 0 Å². The van der Waals surface area contributed by atoms with Crippen molar-refractivity contribution < 1.29 is 24.5 Å². The van der Waals surface area contributed by atoms with E-state index in [9.17, 15) is 9.59 Å². The van der Waals surface area contributed by atoms with Crippen LogP contribution in [0.1, 0.15) is 0 Å². The summed E-state index contributed by atoms with van der Waals surface area (Å²) in [7, 11) is 0. The van der Waals surface area contributed by atoms with E-state index in [2.05, 4.69) is 0 Å². The van der Waals surface area contributed by atoms with Gasteiger partial charge in [0, 0.05) is 5.69 Å². The third kappa shape index (κ3) is 2.21. The third-order valence-electron chi connectivity index (χ3n) is 2.49. The summed E-state index contributed by atoms with van der Waals surface area (Å²) in [6.07, 6.45) is 0. The number of aromatic hydroxyl groups is 1. The Bertz CT molecular complexity index is 442. The average molecular weight is 237 g/mol. The minimum atomic E-state index is -1.12. The summed E-state index contributed by atoms with van der Waals surface area (Å²) in [5.41, 5.74) is 0.434. The smallest absolute Gasteiger partial charge is 0.329 e. The number of hydrogen-bond acceptors (Lipinski definition) is 4. The SMILES string of the molecule is O=C(O)C1COCC(=O)N1c1ccc(O)cc1. The highest BCUT2D eigenvalue weighted by Crippen LogP contribution is 2.23. The number of benzene rings is 1. The second kappa shape index (κ2) is 4.42. The number of carbonyl (C=O) groups is 2. The molecule has 0 aliphatic carbocycles. The van der Waals surface area contributed by atoms with Crippen LogP contribution in [0.3, 0.4) is 0 Å². The lowest BCUT2D eigenvalue weighted by Crippen LogP contribution is -2.53. The van der Waals surface area contributed by atoms with Crippen LogP contribution in [-0.4, -0.2) is 41.3 Å². The molecule has 1 aliphatic rings. The van der Waals surface area contributed by atoms with Gasteiger partial charge in [0.05, 0.1) is 6.61 Å². The van der Waals surface area contributed by atoms with Crippen molar-refractivity contribution in [3.8, 4) is 5.75 Å². The highest BCUT2D eigenvalue weighted by molar-refractivity contribution is 6.00. The zero-order valence-corrected chi connectivity index (χ0v) is 8.87. The van der Waals surface area contributed by atoms with Crippen molar-refractivity contribution in [2.75, 3.05) is 18.1 Å². The number of nitrogens with zero attached hydrogens (tertiary/aromatic N) is 1. The van der Waals surface area contributed by atoms with Crippen LogP contribution in [0.5, 0.6) is 5.75 Å². The Morgan fingerprint density at radius 3 is 2.59 bits per heavy atom. The van der Waals surface area contributed by atoms with E-state index >= 15 is 0 Å². The molecule has 0 aromatic heterocycles. The molecule has 0 spiro atoms. The van der Waals surface area contributed by atoms with Gasteiger partial charge in [-0.2, -0.15) is 0 Å². The summed E-state index contributed by atoms with van der Waals surface area (Å²) in [6, 6.07) is 4.76. The number of hydrogen-bond donors (Lipinski definition) is 2. The molecule has 0 saturated carbocycles. The second-order valence-corrected chi connectivity index (χ2v) is 3.65. The summed E-state index contributed by atoms with van der Waals surface area (Å²) in [4.78, 5) is 23.9. The highest BCUT2D eigenvalue weighted by atomic mass is 16.5. The summed E-state index contributed by atoms with van der Waals surface area (Å²) >= 11 is 0. The first-order valence-corrected chi connectivity index (χ1v) is 5.01. The first-order chi connectivity index (χ1) is 8.09. The molecule has 1 aromatic carbocycles. The van der Waals surface area contributed by atoms with Gasteiger partial charge in [0.15, 0.2) is 6.04 Å². The van der Waals surface area contributed by atoms with Crippen LogP contribution in [0, 0.1) is 0 Å². The molecule has 6 heteroatoms. The fourth-order valence-corrected chi connectivity index (χ4v) is 1.69. The third-order valence-corrected chi connectivity index (χ3v) is 2.49. The second-order valence-electron chi connectivity index (χ2n) is 3.65. The number of aliphatic carboxylic acids is 1. The van der Waals surface area contributed by atoms with Gasteiger partial charge in [0.1, 0.15) is 12.4 Å². The Morgan fingerprint density at radius 2 is 2.00 bits per heavy atom. The van der Waals surface area contributed by atoms with Crippen LogP contribution in [0.4, 0.5) is 5.69 Å². The van der Waals surface area contributed by atoms with Crippen molar-refractivity contribution in [2.24, 2.45) is 0 Å². The first kappa shape index (κ1) is 11.4. The molecule has 90 valence electrons. The van der Waals surface area contributed by atoms with Gasteiger partial charge in [-0.3, -0.25) is 9.69 Å². The maximum absolute atomic E-state index is 11.7. The van der Waals surface area contributed by atoms with E-state index in [4.69, 9.17) is 14.9 Å². The Hall–Kier alpha value is -2.08. The minimum absolute atomic E-state index is 0.0397. The number of ether oxygens (including phenoxy) is 1. The average Bonchev–Trinajstić information content (AvgIpc) is 2.30. The van der Waals surface area contributed by atoms with E-state index in [1.54, 1.807) is 0 Å². The van der Waals surface area contributed by atoms with Gasteiger partial charge >= 0.3 is 5.97 Å². The van der Waals surface area contributed by atoms with E-state index in [-0.39, 0.29) is 19.0 Å². The van der Waals surface area contributed by atoms with Crippen molar-refractivity contribution in [1.82, 2.24) is 0 Å². The summed E-state index contributed by atoms with van der Waals surface area (Å²) in [5.74, 6) is -1.47. The fraction of sp³-hybridized carbons (Fsp3) is 0.273. The van der Waals surface area contributed by atoms with Gasteiger partial charge in [-0.1, -0.05) is 0 Å². The summed E-state index contributed by atoms with van der Waals surface area (Å²) < 4.78 is 4.91. The Balaban J connectivity index is 2.34. The number of carboxylic acid groups (broad SMARTS) is 1. The predicted molar refractivity (Wildman–Crippen MR) is 57.8 cm³/mol. The molecule has 2 rings (SSSR count). The lowest BCUT2D eigenvalue weighted by Gasteiger charge is -2.32. The van der Waals surface area contributed by atoms with Crippen molar-refractivity contribution in [3.63, 3.8) is 0 Å². The molecule has 1 fully saturated rings. The zero-order chi connectivity index (χ0) is 12.4. The topological polar surface area (TPSA) is 87.1 Å². The molecule has 0 bridgehead atoms. The van der Waals surface area contributed by atoms with Crippen LogP contribution in [0.15, 0.2) is 24.3 Å². The number of morpholine rings is 1. The van der Waals surface area contributed by atoms with E-state index < -0.39 is 17.9 Å². The number of rotatable bonds is 2. The van der Waals surface area contributed by atoms with Gasteiger partial charge < -0.3 is 14.9 Å². The van der Waals surface area contributed by atoms with E-state index in [1.165, 1.54) is 29.2 Å². The van der Waals surface area contributed by atoms with Gasteiger partial charge in [-0.25, -0.2) is 4.79 Å². The molecule has 1 heterocycles. The van der Waals surface area contributed by atoms with Crippen LogP contribution in [-0.2, 0) is 14.3 Å². The van der Waals surface area contributed by atoms with Crippen molar-refractivity contribution >= 4 is 17.6 Å². The number of carbonyl (C=O) groups excluding carboxylic acids is 1. The maximum atomic E-state index is 11.7. The molecule has 1 aliphatic heterocycles. The number of phenols is 1. The van der Waals surface area contributed by atoms with Crippen LogP contribution in [0.2, 0.25) is 0 Å². The Morgan fingerprint density at radius 1 is 1.35 bits per heavy atom. The Kier molecular flexibility index (Phi) is 2.97.